The minimum Gasteiger partial charge on any atom is -0.450 e. The molecule has 0 aromatic rings. The molecule has 0 radical (unpaired) electrons. The number of carboxylic acid groups (broad SMARTS) is 1. The highest BCUT2D eigenvalue weighted by atomic mass is 16.7. The van der Waals surface area contributed by atoms with Gasteiger partial charge in [-0.3, -0.25) is 5.32 Å². The Hall–Kier alpha value is -0.770. The zero-order chi connectivity index (χ0) is 7.40. The first-order chi connectivity index (χ1) is 4.79. The lowest BCUT2D eigenvalue weighted by atomic mass is 10.1. The van der Waals surface area contributed by atoms with Crippen molar-refractivity contribution in [1.82, 2.24) is 5.32 Å². The SMILES string of the molecule is O=C(O)O[C@H]1CCCCN1. The number of piperidine rings is 1. The van der Waals surface area contributed by atoms with Gasteiger partial charge in [0.15, 0.2) is 6.23 Å². The van der Waals surface area contributed by atoms with E-state index >= 15 is 0 Å². The Morgan fingerprint density at radius 2 is 2.40 bits per heavy atom. The topological polar surface area (TPSA) is 58.6 Å². The van der Waals surface area contributed by atoms with Gasteiger partial charge < -0.3 is 9.84 Å². The maximum Gasteiger partial charge on any atom is 0.507 e. The summed E-state index contributed by atoms with van der Waals surface area (Å²) in [7, 11) is 0. The van der Waals surface area contributed by atoms with Crippen LogP contribution in [0.4, 0.5) is 4.79 Å². The highest BCUT2D eigenvalue weighted by molar-refractivity contribution is 5.57. The summed E-state index contributed by atoms with van der Waals surface area (Å²) in [4.78, 5) is 10.0. The van der Waals surface area contributed by atoms with E-state index in [9.17, 15) is 4.79 Å². The predicted molar refractivity (Wildman–Crippen MR) is 34.8 cm³/mol. The molecular formula is C6H11NO3. The second-order valence-electron chi connectivity index (χ2n) is 2.32. The minimum atomic E-state index is -1.19. The number of hydrogen-bond acceptors (Lipinski definition) is 3. The Morgan fingerprint density at radius 3 is 2.90 bits per heavy atom. The van der Waals surface area contributed by atoms with Crippen LogP contribution in [0.25, 0.3) is 0 Å². The van der Waals surface area contributed by atoms with Crippen molar-refractivity contribution < 1.29 is 14.6 Å². The summed E-state index contributed by atoms with van der Waals surface area (Å²) in [5.74, 6) is 0. The number of carbonyl (C=O) groups is 1. The summed E-state index contributed by atoms with van der Waals surface area (Å²) < 4.78 is 4.50. The molecule has 1 saturated heterocycles. The highest BCUT2D eigenvalue weighted by Gasteiger charge is 2.15. The maximum atomic E-state index is 10.0. The number of nitrogens with one attached hydrogen (secondary N) is 1. The van der Waals surface area contributed by atoms with Gasteiger partial charge in [0.05, 0.1) is 0 Å². The normalized spacial score (nSPS) is 25.8. The summed E-state index contributed by atoms with van der Waals surface area (Å²) in [5.41, 5.74) is 0. The van der Waals surface area contributed by atoms with E-state index in [4.69, 9.17) is 5.11 Å². The van der Waals surface area contributed by atoms with E-state index in [2.05, 4.69) is 10.1 Å². The van der Waals surface area contributed by atoms with Crippen molar-refractivity contribution in [2.75, 3.05) is 6.54 Å². The fourth-order valence-electron chi connectivity index (χ4n) is 1.04. The van der Waals surface area contributed by atoms with Crippen molar-refractivity contribution in [3.8, 4) is 0 Å². The lowest BCUT2D eigenvalue weighted by Gasteiger charge is -2.21. The van der Waals surface area contributed by atoms with Crippen molar-refractivity contribution in [2.45, 2.75) is 25.5 Å². The summed E-state index contributed by atoms with van der Waals surface area (Å²) in [6.07, 6.45) is 1.49. The fourth-order valence-corrected chi connectivity index (χ4v) is 1.04. The van der Waals surface area contributed by atoms with Gasteiger partial charge in [0.25, 0.3) is 0 Å². The molecule has 1 rings (SSSR count). The average molecular weight is 145 g/mol. The first kappa shape index (κ1) is 7.34. The molecule has 0 unspecified atom stereocenters. The van der Waals surface area contributed by atoms with Crippen LogP contribution in [0.15, 0.2) is 0 Å². The van der Waals surface area contributed by atoms with Gasteiger partial charge in [0.1, 0.15) is 0 Å². The molecule has 0 saturated carbocycles. The zero-order valence-electron chi connectivity index (χ0n) is 5.67. The highest BCUT2D eigenvalue weighted by Crippen LogP contribution is 2.07. The Bertz CT molecular complexity index is 120. The number of hydrogen-bond donors (Lipinski definition) is 2. The second-order valence-corrected chi connectivity index (χ2v) is 2.32. The van der Waals surface area contributed by atoms with Gasteiger partial charge in [0.2, 0.25) is 0 Å². The van der Waals surface area contributed by atoms with Gasteiger partial charge in [-0.25, -0.2) is 4.79 Å². The van der Waals surface area contributed by atoms with Crippen molar-refractivity contribution in [2.24, 2.45) is 0 Å². The Labute approximate surface area is 59.2 Å². The summed E-state index contributed by atoms with van der Waals surface area (Å²) in [6.45, 7) is 0.859. The quantitative estimate of drug-likeness (QED) is 0.535. The van der Waals surface area contributed by atoms with E-state index in [1.165, 1.54) is 0 Å². The molecule has 10 heavy (non-hydrogen) atoms. The molecule has 0 aliphatic carbocycles. The summed E-state index contributed by atoms with van der Waals surface area (Å²) in [5, 5.41) is 11.2. The van der Waals surface area contributed by atoms with Gasteiger partial charge in [-0.05, 0) is 25.8 Å². The van der Waals surface area contributed by atoms with Gasteiger partial charge in [-0.1, -0.05) is 0 Å². The third kappa shape index (κ3) is 2.23. The van der Waals surface area contributed by atoms with Crippen LogP contribution in [-0.4, -0.2) is 24.0 Å². The van der Waals surface area contributed by atoms with Gasteiger partial charge >= 0.3 is 6.16 Å². The largest absolute Gasteiger partial charge is 0.507 e. The van der Waals surface area contributed by atoms with Crippen LogP contribution in [0.1, 0.15) is 19.3 Å². The molecule has 0 amide bonds. The molecule has 4 nitrogen and oxygen atoms in total. The Kier molecular flexibility index (Phi) is 2.50. The second kappa shape index (κ2) is 3.41. The monoisotopic (exact) mass is 145 g/mol. The Morgan fingerprint density at radius 1 is 1.60 bits per heavy atom. The van der Waals surface area contributed by atoms with E-state index in [1.807, 2.05) is 0 Å². The third-order valence-electron chi connectivity index (χ3n) is 1.51. The van der Waals surface area contributed by atoms with E-state index < -0.39 is 6.16 Å². The lowest BCUT2D eigenvalue weighted by Crippen LogP contribution is -2.37. The molecule has 0 aromatic heterocycles. The first-order valence-corrected chi connectivity index (χ1v) is 3.42. The standard InChI is InChI=1S/C6H11NO3/c8-6(9)10-5-3-1-2-4-7-5/h5,7H,1-4H2,(H,8,9)/t5-/m0/s1. The molecule has 0 aromatic carbocycles. The molecule has 1 aliphatic heterocycles. The van der Waals surface area contributed by atoms with Gasteiger partial charge in [-0.2, -0.15) is 0 Å². The van der Waals surface area contributed by atoms with Crippen molar-refractivity contribution in [1.29, 1.82) is 0 Å². The third-order valence-corrected chi connectivity index (χ3v) is 1.51. The maximum absolute atomic E-state index is 10.0. The minimum absolute atomic E-state index is 0.272. The predicted octanol–water partition coefficient (Wildman–Crippen LogP) is 0.781. The molecule has 2 N–H and O–H groups in total. The molecule has 1 heterocycles. The molecule has 0 bridgehead atoms. The molecular weight excluding hydrogens is 134 g/mol. The van der Waals surface area contributed by atoms with Crippen LogP contribution in [0.5, 0.6) is 0 Å². The smallest absolute Gasteiger partial charge is 0.450 e. The van der Waals surface area contributed by atoms with Crippen molar-refractivity contribution in [3.63, 3.8) is 0 Å². The van der Waals surface area contributed by atoms with Crippen LogP contribution in [0.3, 0.4) is 0 Å². The van der Waals surface area contributed by atoms with E-state index in [-0.39, 0.29) is 6.23 Å². The van der Waals surface area contributed by atoms with Gasteiger partial charge in [-0.15, -0.1) is 0 Å². The summed E-state index contributed by atoms with van der Waals surface area (Å²) in [6, 6.07) is 0. The van der Waals surface area contributed by atoms with Gasteiger partial charge in [0, 0.05) is 0 Å². The zero-order valence-corrected chi connectivity index (χ0v) is 5.67. The van der Waals surface area contributed by atoms with Crippen molar-refractivity contribution in [3.05, 3.63) is 0 Å². The van der Waals surface area contributed by atoms with Crippen LogP contribution in [0.2, 0.25) is 0 Å². The van der Waals surface area contributed by atoms with E-state index in [0.717, 1.165) is 25.8 Å². The van der Waals surface area contributed by atoms with Crippen LogP contribution < -0.4 is 5.32 Å². The fraction of sp³-hybridized carbons (Fsp3) is 0.833. The van der Waals surface area contributed by atoms with Crippen molar-refractivity contribution >= 4 is 6.16 Å². The molecule has 58 valence electrons. The molecule has 0 spiro atoms. The van der Waals surface area contributed by atoms with E-state index in [1.54, 1.807) is 0 Å². The van der Waals surface area contributed by atoms with Crippen LogP contribution in [0, 0.1) is 0 Å². The molecule has 1 fully saturated rings. The first-order valence-electron chi connectivity index (χ1n) is 3.42. The lowest BCUT2D eigenvalue weighted by molar-refractivity contribution is 0.0247. The summed E-state index contributed by atoms with van der Waals surface area (Å²) >= 11 is 0. The molecule has 1 atom stereocenters. The number of ether oxygens (including phenoxy) is 1. The van der Waals surface area contributed by atoms with E-state index in [0.29, 0.717) is 0 Å². The van der Waals surface area contributed by atoms with Crippen LogP contribution >= 0.6 is 0 Å². The molecule has 1 aliphatic rings. The number of rotatable bonds is 1. The molecule has 4 heteroatoms. The Balaban J connectivity index is 2.19. The average Bonchev–Trinajstić information content (AvgIpc) is 1.88. The van der Waals surface area contributed by atoms with Crippen LogP contribution in [-0.2, 0) is 4.74 Å².